The number of hydrogen-bond donors (Lipinski definition) is 1. The predicted molar refractivity (Wildman–Crippen MR) is 85.1 cm³/mol. The third-order valence-corrected chi connectivity index (χ3v) is 3.88. The third kappa shape index (κ3) is 3.31. The van der Waals surface area contributed by atoms with Crippen molar-refractivity contribution in [1.29, 1.82) is 0 Å². The van der Waals surface area contributed by atoms with Crippen molar-refractivity contribution in [2.24, 2.45) is 0 Å². The highest BCUT2D eigenvalue weighted by molar-refractivity contribution is 5.97. The summed E-state index contributed by atoms with van der Waals surface area (Å²) in [5, 5.41) is 3.30. The topological polar surface area (TPSA) is 32.3 Å². The van der Waals surface area contributed by atoms with E-state index in [-0.39, 0.29) is 11.9 Å². The van der Waals surface area contributed by atoms with Crippen LogP contribution in [0, 0.1) is 0 Å². The maximum absolute atomic E-state index is 12.8. The maximum Gasteiger partial charge on any atom is 0.244 e. The van der Waals surface area contributed by atoms with Gasteiger partial charge in [-0.15, -0.1) is 0 Å². The molecule has 1 aliphatic heterocycles. The number of carbonyl (C=O) groups excluding carboxylic acids is 1. The fraction of sp³-hybridized carbons (Fsp3) is 0.278. The molecule has 0 spiro atoms. The number of benzene rings is 2. The van der Waals surface area contributed by atoms with Crippen LogP contribution in [0.4, 0.5) is 5.69 Å². The van der Waals surface area contributed by atoms with Gasteiger partial charge in [-0.25, -0.2) is 0 Å². The Hall–Kier alpha value is -2.13. The Morgan fingerprint density at radius 3 is 2.33 bits per heavy atom. The first-order chi connectivity index (χ1) is 10.3. The predicted octanol–water partition coefficient (Wildman–Crippen LogP) is 2.97. The van der Waals surface area contributed by atoms with Crippen molar-refractivity contribution < 1.29 is 4.79 Å². The molecule has 2 aromatic rings. The fourth-order valence-electron chi connectivity index (χ4n) is 2.75. The van der Waals surface area contributed by atoms with Gasteiger partial charge in [0, 0.05) is 5.69 Å². The van der Waals surface area contributed by atoms with Crippen LogP contribution in [0.3, 0.4) is 0 Å². The molecule has 0 saturated carbocycles. The van der Waals surface area contributed by atoms with Gasteiger partial charge >= 0.3 is 0 Å². The maximum atomic E-state index is 12.8. The Morgan fingerprint density at radius 1 is 1.05 bits per heavy atom. The molecule has 1 unspecified atom stereocenters. The molecule has 0 radical (unpaired) electrons. The van der Waals surface area contributed by atoms with Crippen LogP contribution in [0.5, 0.6) is 0 Å². The molecule has 1 amide bonds. The second-order valence-electron chi connectivity index (χ2n) is 5.39. The lowest BCUT2D eigenvalue weighted by Crippen LogP contribution is -2.43. The molecule has 1 atom stereocenters. The Kier molecular flexibility index (Phi) is 4.31. The van der Waals surface area contributed by atoms with Crippen LogP contribution in [-0.2, 0) is 11.3 Å². The van der Waals surface area contributed by atoms with Crippen molar-refractivity contribution in [3.8, 4) is 0 Å². The number of nitrogens with zero attached hydrogens (tertiary/aromatic N) is 1. The first-order valence-electron chi connectivity index (χ1n) is 7.48. The Bertz CT molecular complexity index is 577. The summed E-state index contributed by atoms with van der Waals surface area (Å²) < 4.78 is 0. The highest BCUT2D eigenvalue weighted by atomic mass is 16.2. The number of hydrogen-bond acceptors (Lipinski definition) is 2. The molecule has 2 aromatic carbocycles. The second kappa shape index (κ2) is 6.55. The van der Waals surface area contributed by atoms with Crippen molar-refractivity contribution in [2.75, 3.05) is 11.4 Å². The smallest absolute Gasteiger partial charge is 0.244 e. The van der Waals surface area contributed by atoms with Gasteiger partial charge in [0.05, 0.1) is 12.6 Å². The number of anilines is 1. The van der Waals surface area contributed by atoms with Crippen molar-refractivity contribution in [3.63, 3.8) is 0 Å². The van der Waals surface area contributed by atoms with Crippen LogP contribution < -0.4 is 10.2 Å². The summed E-state index contributed by atoms with van der Waals surface area (Å²) in [7, 11) is 0. The van der Waals surface area contributed by atoms with E-state index in [1.54, 1.807) is 0 Å². The molecule has 0 bridgehead atoms. The SMILES string of the molecule is O=C(C1CCCN1)N(Cc1ccccc1)c1ccccc1. The van der Waals surface area contributed by atoms with Gasteiger partial charge in [-0.2, -0.15) is 0 Å². The molecular formula is C18H20N2O. The van der Waals surface area contributed by atoms with Crippen molar-refractivity contribution in [1.82, 2.24) is 5.32 Å². The molecule has 1 N–H and O–H groups in total. The van der Waals surface area contributed by atoms with Gasteiger partial charge in [0.15, 0.2) is 0 Å². The number of nitrogens with one attached hydrogen (secondary N) is 1. The number of rotatable bonds is 4. The van der Waals surface area contributed by atoms with E-state index in [9.17, 15) is 4.79 Å². The largest absolute Gasteiger partial charge is 0.307 e. The molecule has 3 heteroatoms. The van der Waals surface area contributed by atoms with E-state index in [2.05, 4.69) is 17.4 Å². The zero-order valence-electron chi connectivity index (χ0n) is 12.0. The Labute approximate surface area is 125 Å². The summed E-state index contributed by atoms with van der Waals surface area (Å²) in [5.41, 5.74) is 2.10. The summed E-state index contributed by atoms with van der Waals surface area (Å²) in [6.07, 6.45) is 2.00. The van der Waals surface area contributed by atoms with Gasteiger partial charge in [-0.1, -0.05) is 48.5 Å². The average molecular weight is 280 g/mol. The van der Waals surface area contributed by atoms with Crippen molar-refractivity contribution >= 4 is 11.6 Å². The molecule has 1 aliphatic rings. The molecule has 1 heterocycles. The van der Waals surface area contributed by atoms with E-state index in [0.717, 1.165) is 30.6 Å². The van der Waals surface area contributed by atoms with Crippen molar-refractivity contribution in [3.05, 3.63) is 66.2 Å². The fourth-order valence-corrected chi connectivity index (χ4v) is 2.75. The molecule has 108 valence electrons. The number of carbonyl (C=O) groups is 1. The molecule has 0 aromatic heterocycles. The van der Waals surface area contributed by atoms with Crippen LogP contribution in [0.15, 0.2) is 60.7 Å². The minimum absolute atomic E-state index is 0.0473. The number of para-hydroxylation sites is 1. The lowest BCUT2D eigenvalue weighted by atomic mass is 10.1. The summed E-state index contributed by atoms with van der Waals surface area (Å²) in [5.74, 6) is 0.169. The van der Waals surface area contributed by atoms with E-state index in [1.165, 1.54) is 0 Å². The zero-order chi connectivity index (χ0) is 14.5. The first-order valence-corrected chi connectivity index (χ1v) is 7.48. The van der Waals surface area contributed by atoms with E-state index in [4.69, 9.17) is 0 Å². The molecule has 0 aliphatic carbocycles. The summed E-state index contributed by atoms with van der Waals surface area (Å²) in [6, 6.07) is 20.0. The van der Waals surface area contributed by atoms with Crippen LogP contribution in [0.2, 0.25) is 0 Å². The van der Waals surface area contributed by atoms with Gasteiger partial charge in [0.1, 0.15) is 0 Å². The summed E-state index contributed by atoms with van der Waals surface area (Å²) >= 11 is 0. The lowest BCUT2D eigenvalue weighted by Gasteiger charge is -2.26. The van der Waals surface area contributed by atoms with Crippen molar-refractivity contribution in [2.45, 2.75) is 25.4 Å². The number of amides is 1. The molecule has 3 nitrogen and oxygen atoms in total. The zero-order valence-corrected chi connectivity index (χ0v) is 12.0. The van der Waals surface area contributed by atoms with Crippen LogP contribution in [0.25, 0.3) is 0 Å². The molecular weight excluding hydrogens is 260 g/mol. The monoisotopic (exact) mass is 280 g/mol. The molecule has 3 rings (SSSR count). The minimum Gasteiger partial charge on any atom is -0.307 e. The van der Waals surface area contributed by atoms with E-state index >= 15 is 0 Å². The minimum atomic E-state index is -0.0473. The standard InChI is InChI=1S/C18H20N2O/c21-18(17-12-7-13-19-17)20(16-10-5-2-6-11-16)14-15-8-3-1-4-9-15/h1-6,8-11,17,19H,7,12-14H2. The molecule has 1 fully saturated rings. The first kappa shape index (κ1) is 13.8. The van der Waals surface area contributed by atoms with Gasteiger partial charge in [-0.05, 0) is 37.1 Å². The quantitative estimate of drug-likeness (QED) is 0.934. The highest BCUT2D eigenvalue weighted by Crippen LogP contribution is 2.20. The molecule has 1 saturated heterocycles. The van der Waals surface area contributed by atoms with Gasteiger partial charge < -0.3 is 10.2 Å². The second-order valence-corrected chi connectivity index (χ2v) is 5.39. The average Bonchev–Trinajstić information content (AvgIpc) is 3.08. The van der Waals surface area contributed by atoms with E-state index < -0.39 is 0 Å². The lowest BCUT2D eigenvalue weighted by molar-refractivity contribution is -0.120. The summed E-state index contributed by atoms with van der Waals surface area (Å²) in [4.78, 5) is 14.7. The van der Waals surface area contributed by atoms with Gasteiger partial charge in [0.2, 0.25) is 5.91 Å². The summed E-state index contributed by atoms with van der Waals surface area (Å²) in [6.45, 7) is 1.55. The third-order valence-electron chi connectivity index (χ3n) is 3.88. The van der Waals surface area contributed by atoms with Gasteiger partial charge in [-0.3, -0.25) is 4.79 Å². The van der Waals surface area contributed by atoms with Crippen LogP contribution >= 0.6 is 0 Å². The van der Waals surface area contributed by atoms with Gasteiger partial charge in [0.25, 0.3) is 0 Å². The van der Waals surface area contributed by atoms with Crippen LogP contribution in [-0.4, -0.2) is 18.5 Å². The normalized spacial score (nSPS) is 17.6. The Morgan fingerprint density at radius 2 is 1.71 bits per heavy atom. The van der Waals surface area contributed by atoms with E-state index in [0.29, 0.717) is 6.54 Å². The Balaban J connectivity index is 1.85. The van der Waals surface area contributed by atoms with E-state index in [1.807, 2.05) is 53.4 Å². The van der Waals surface area contributed by atoms with Crippen LogP contribution in [0.1, 0.15) is 18.4 Å². The highest BCUT2D eigenvalue weighted by Gasteiger charge is 2.27. The molecule has 21 heavy (non-hydrogen) atoms.